The third kappa shape index (κ3) is 7.60. The van der Waals surface area contributed by atoms with Crippen LogP contribution in [0.4, 0.5) is 5.69 Å². The highest BCUT2D eigenvalue weighted by Crippen LogP contribution is 2.28. The number of carbonyl (C=O) groups is 3. The van der Waals surface area contributed by atoms with Crippen LogP contribution in [0.2, 0.25) is 0 Å². The van der Waals surface area contributed by atoms with Crippen LogP contribution in [0, 0.1) is 0 Å². The van der Waals surface area contributed by atoms with Gasteiger partial charge in [-0.1, -0.05) is 42.5 Å². The van der Waals surface area contributed by atoms with Gasteiger partial charge in [0.2, 0.25) is 0 Å². The minimum absolute atomic E-state index is 0.307. The Hall–Kier alpha value is -4.33. The Kier molecular flexibility index (Phi) is 9.24. The van der Waals surface area contributed by atoms with Crippen LogP contribution in [-0.2, 0) is 14.3 Å². The van der Waals surface area contributed by atoms with Crippen LogP contribution in [-0.4, -0.2) is 44.1 Å². The van der Waals surface area contributed by atoms with Crippen molar-refractivity contribution in [2.24, 2.45) is 0 Å². The summed E-state index contributed by atoms with van der Waals surface area (Å²) in [5, 5.41) is 5.14. The van der Waals surface area contributed by atoms with Gasteiger partial charge in [0.05, 0.1) is 13.2 Å². The summed E-state index contributed by atoms with van der Waals surface area (Å²) >= 11 is 0. The number of hydrogen-bond acceptors (Lipinski definition) is 6. The van der Waals surface area contributed by atoms with Crippen LogP contribution in [0.1, 0.15) is 24.2 Å². The van der Waals surface area contributed by atoms with E-state index in [-0.39, 0.29) is 6.54 Å². The van der Waals surface area contributed by atoms with Crippen LogP contribution in [0.3, 0.4) is 0 Å². The number of anilines is 1. The Morgan fingerprint density at radius 2 is 1.43 bits per heavy atom. The Balaban J connectivity index is 1.44. The van der Waals surface area contributed by atoms with Crippen molar-refractivity contribution in [2.45, 2.75) is 13.8 Å². The van der Waals surface area contributed by atoms with E-state index in [9.17, 15) is 14.4 Å². The second-order valence-corrected chi connectivity index (χ2v) is 7.36. The predicted octanol–water partition coefficient (Wildman–Crippen LogP) is 4.06. The van der Waals surface area contributed by atoms with Gasteiger partial charge in [-0.25, -0.2) is 0 Å². The molecule has 0 saturated carbocycles. The fraction of sp³-hybridized carbons (Fsp3) is 0.222. The van der Waals surface area contributed by atoms with Crippen molar-refractivity contribution in [1.82, 2.24) is 5.32 Å². The molecular weight excluding hydrogens is 448 g/mol. The molecule has 0 bridgehead atoms. The van der Waals surface area contributed by atoms with Crippen molar-refractivity contribution < 1.29 is 28.6 Å². The molecule has 0 heterocycles. The first-order chi connectivity index (χ1) is 17.0. The van der Waals surface area contributed by atoms with Gasteiger partial charge in [-0.05, 0) is 55.3 Å². The molecule has 0 fully saturated rings. The average Bonchev–Trinajstić information content (AvgIpc) is 2.88. The number of nitrogens with one attached hydrogen (secondary N) is 2. The summed E-state index contributed by atoms with van der Waals surface area (Å²) in [6.07, 6.45) is 0. The molecular formula is C27H28N2O6. The zero-order chi connectivity index (χ0) is 25.0. The molecule has 2 N–H and O–H groups in total. The summed E-state index contributed by atoms with van der Waals surface area (Å²) in [5.41, 5.74) is 2.98. The molecule has 182 valence electrons. The lowest BCUT2D eigenvalue weighted by molar-refractivity contribution is -0.146. The van der Waals surface area contributed by atoms with Gasteiger partial charge >= 0.3 is 5.97 Å². The first-order valence-corrected chi connectivity index (χ1v) is 11.3. The van der Waals surface area contributed by atoms with Gasteiger partial charge in [0.25, 0.3) is 11.8 Å². The van der Waals surface area contributed by atoms with E-state index >= 15 is 0 Å². The molecule has 35 heavy (non-hydrogen) atoms. The Morgan fingerprint density at radius 3 is 2.11 bits per heavy atom. The zero-order valence-corrected chi connectivity index (χ0v) is 19.7. The van der Waals surface area contributed by atoms with Crippen LogP contribution in [0.25, 0.3) is 11.1 Å². The van der Waals surface area contributed by atoms with Gasteiger partial charge in [-0.3, -0.25) is 14.4 Å². The summed E-state index contributed by atoms with van der Waals surface area (Å²) in [5.74, 6) is -0.716. The van der Waals surface area contributed by atoms with E-state index in [4.69, 9.17) is 14.2 Å². The van der Waals surface area contributed by atoms with Gasteiger partial charge in [0, 0.05) is 11.3 Å². The smallest absolute Gasteiger partial charge is 0.325 e. The average molecular weight is 477 g/mol. The molecule has 3 rings (SSSR count). The highest BCUT2D eigenvalue weighted by molar-refractivity contribution is 5.97. The maximum Gasteiger partial charge on any atom is 0.325 e. The van der Waals surface area contributed by atoms with E-state index in [2.05, 4.69) is 10.6 Å². The van der Waals surface area contributed by atoms with Gasteiger partial charge in [-0.2, -0.15) is 0 Å². The molecule has 0 radical (unpaired) electrons. The van der Waals surface area contributed by atoms with Crippen molar-refractivity contribution in [3.05, 3.63) is 78.4 Å². The van der Waals surface area contributed by atoms with Gasteiger partial charge in [-0.15, -0.1) is 0 Å². The van der Waals surface area contributed by atoms with E-state index < -0.39 is 24.4 Å². The lowest BCUT2D eigenvalue weighted by Crippen LogP contribution is -2.32. The Morgan fingerprint density at radius 1 is 0.771 bits per heavy atom. The number of carbonyl (C=O) groups excluding carboxylic acids is 3. The molecule has 0 aliphatic rings. The van der Waals surface area contributed by atoms with Crippen molar-refractivity contribution >= 4 is 23.5 Å². The number of esters is 1. The van der Waals surface area contributed by atoms with Gasteiger partial charge < -0.3 is 24.8 Å². The zero-order valence-electron chi connectivity index (χ0n) is 19.7. The van der Waals surface area contributed by atoms with Crippen LogP contribution in [0.15, 0.2) is 72.8 Å². The first-order valence-electron chi connectivity index (χ1n) is 11.3. The summed E-state index contributed by atoms with van der Waals surface area (Å²) in [4.78, 5) is 36.5. The van der Waals surface area contributed by atoms with Crippen molar-refractivity contribution in [3.63, 3.8) is 0 Å². The summed E-state index contributed by atoms with van der Waals surface area (Å²) < 4.78 is 15.9. The van der Waals surface area contributed by atoms with Gasteiger partial charge in [0.15, 0.2) is 18.1 Å². The largest absolute Gasteiger partial charge is 0.490 e. The molecule has 0 aromatic heterocycles. The predicted molar refractivity (Wildman–Crippen MR) is 133 cm³/mol. The highest BCUT2D eigenvalue weighted by atomic mass is 16.5. The van der Waals surface area contributed by atoms with E-state index in [0.29, 0.717) is 36.0 Å². The number of ether oxygens (including phenoxy) is 3. The Labute approximate surface area is 204 Å². The summed E-state index contributed by atoms with van der Waals surface area (Å²) in [6, 6.07) is 22.0. The lowest BCUT2D eigenvalue weighted by atomic mass is 10.1. The van der Waals surface area contributed by atoms with Crippen molar-refractivity contribution in [2.75, 3.05) is 31.7 Å². The Bertz CT molecular complexity index is 1150. The quantitative estimate of drug-likeness (QED) is 0.405. The third-order valence-electron chi connectivity index (χ3n) is 4.84. The molecule has 3 aromatic carbocycles. The third-order valence-corrected chi connectivity index (χ3v) is 4.84. The van der Waals surface area contributed by atoms with Crippen LogP contribution >= 0.6 is 0 Å². The summed E-state index contributed by atoms with van der Waals surface area (Å²) in [7, 11) is 0. The maximum absolute atomic E-state index is 12.4. The second-order valence-electron chi connectivity index (χ2n) is 7.36. The molecule has 0 saturated heterocycles. The maximum atomic E-state index is 12.4. The number of rotatable bonds is 11. The monoisotopic (exact) mass is 476 g/mol. The molecule has 8 nitrogen and oxygen atoms in total. The van der Waals surface area contributed by atoms with E-state index in [0.717, 1.165) is 11.1 Å². The van der Waals surface area contributed by atoms with Crippen LogP contribution < -0.4 is 20.1 Å². The molecule has 3 aromatic rings. The second kappa shape index (κ2) is 12.8. The lowest BCUT2D eigenvalue weighted by Gasteiger charge is -2.12. The SMILES string of the molecule is CCOc1ccc(C(=O)NCC(=O)OCC(=O)Nc2ccc(-c3ccccc3)cc2)cc1OCC. The normalized spacial score (nSPS) is 10.2. The number of benzene rings is 3. The number of amides is 2. The molecule has 0 aliphatic carbocycles. The van der Waals surface area contributed by atoms with Crippen molar-refractivity contribution in [3.8, 4) is 22.6 Å². The first kappa shape index (κ1) is 25.3. The van der Waals surface area contributed by atoms with Crippen LogP contribution in [0.5, 0.6) is 11.5 Å². The fourth-order valence-electron chi connectivity index (χ4n) is 3.22. The van der Waals surface area contributed by atoms with E-state index in [1.807, 2.05) is 56.3 Å². The van der Waals surface area contributed by atoms with E-state index in [1.165, 1.54) is 0 Å². The standard InChI is InChI=1S/C27H28N2O6/c1-3-33-23-15-12-21(16-24(23)34-4-2)27(32)28-17-26(31)35-18-25(30)29-22-13-10-20(11-14-22)19-8-6-5-7-9-19/h5-16H,3-4,17-18H2,1-2H3,(H,28,32)(H,29,30). The highest BCUT2D eigenvalue weighted by Gasteiger charge is 2.14. The summed E-state index contributed by atoms with van der Waals surface area (Å²) in [6.45, 7) is 3.71. The molecule has 0 unspecified atom stereocenters. The topological polar surface area (TPSA) is 103 Å². The minimum Gasteiger partial charge on any atom is -0.490 e. The molecule has 0 spiro atoms. The van der Waals surface area contributed by atoms with E-state index in [1.54, 1.807) is 30.3 Å². The van der Waals surface area contributed by atoms with Gasteiger partial charge in [0.1, 0.15) is 6.54 Å². The minimum atomic E-state index is -0.733. The molecule has 0 atom stereocenters. The van der Waals surface area contributed by atoms with Crippen molar-refractivity contribution in [1.29, 1.82) is 0 Å². The molecule has 0 aliphatic heterocycles. The molecule has 2 amide bonds. The fourth-order valence-corrected chi connectivity index (χ4v) is 3.22. The number of hydrogen-bond donors (Lipinski definition) is 2. The molecule has 8 heteroatoms.